The monoisotopic (exact) mass is 211 g/mol. The SMILES string of the molecule is O=C1CCCCCN1.O=P(O)(O)O. The van der Waals surface area contributed by atoms with Crippen LogP contribution in [0.15, 0.2) is 0 Å². The number of rotatable bonds is 0. The first-order chi connectivity index (χ1) is 5.89. The Hall–Kier alpha value is -0.420. The second kappa shape index (κ2) is 6.10. The van der Waals surface area contributed by atoms with E-state index in [4.69, 9.17) is 19.2 Å². The van der Waals surface area contributed by atoms with Gasteiger partial charge in [0.1, 0.15) is 0 Å². The predicted molar refractivity (Wildman–Crippen MR) is 45.7 cm³/mol. The van der Waals surface area contributed by atoms with Crippen LogP contribution in [0.2, 0.25) is 0 Å². The lowest BCUT2D eigenvalue weighted by Crippen LogP contribution is -2.21. The number of phosphoric acid groups is 1. The van der Waals surface area contributed by atoms with Crippen LogP contribution < -0.4 is 5.32 Å². The Morgan fingerprint density at radius 1 is 1.15 bits per heavy atom. The molecule has 0 radical (unpaired) electrons. The summed E-state index contributed by atoms with van der Waals surface area (Å²) in [6, 6.07) is 0. The summed E-state index contributed by atoms with van der Waals surface area (Å²) in [4.78, 5) is 32.1. The fourth-order valence-electron chi connectivity index (χ4n) is 0.904. The average Bonchev–Trinajstić information content (AvgIpc) is 2.12. The highest BCUT2D eigenvalue weighted by molar-refractivity contribution is 7.45. The molecule has 0 saturated carbocycles. The summed E-state index contributed by atoms with van der Waals surface area (Å²) in [5.74, 6) is 0.225. The van der Waals surface area contributed by atoms with E-state index in [1.165, 1.54) is 6.42 Å². The van der Waals surface area contributed by atoms with E-state index < -0.39 is 7.82 Å². The third kappa shape index (κ3) is 14.4. The summed E-state index contributed by atoms with van der Waals surface area (Å²) in [5, 5.41) is 2.81. The van der Waals surface area contributed by atoms with E-state index in [0.29, 0.717) is 0 Å². The molecule has 0 atom stereocenters. The third-order valence-corrected chi connectivity index (χ3v) is 1.40. The number of carbonyl (C=O) groups is 1. The molecule has 13 heavy (non-hydrogen) atoms. The molecule has 1 amide bonds. The second-order valence-electron chi connectivity index (χ2n) is 2.67. The van der Waals surface area contributed by atoms with Gasteiger partial charge in [-0.05, 0) is 12.8 Å². The molecular weight excluding hydrogens is 197 g/mol. The van der Waals surface area contributed by atoms with Gasteiger partial charge in [0.15, 0.2) is 0 Å². The van der Waals surface area contributed by atoms with Crippen molar-refractivity contribution in [2.45, 2.75) is 25.7 Å². The highest BCUT2D eigenvalue weighted by Gasteiger charge is 2.03. The van der Waals surface area contributed by atoms with Crippen molar-refractivity contribution in [3.8, 4) is 0 Å². The van der Waals surface area contributed by atoms with E-state index in [9.17, 15) is 4.79 Å². The maximum atomic E-state index is 10.6. The van der Waals surface area contributed by atoms with Crippen molar-refractivity contribution in [2.24, 2.45) is 0 Å². The van der Waals surface area contributed by atoms with Crippen molar-refractivity contribution < 1.29 is 24.0 Å². The summed E-state index contributed by atoms with van der Waals surface area (Å²) < 4.78 is 8.88. The van der Waals surface area contributed by atoms with Gasteiger partial charge in [0, 0.05) is 13.0 Å². The fourth-order valence-corrected chi connectivity index (χ4v) is 0.904. The molecule has 1 saturated heterocycles. The molecule has 1 heterocycles. The van der Waals surface area contributed by atoms with Crippen LogP contribution in [0.25, 0.3) is 0 Å². The summed E-state index contributed by atoms with van der Waals surface area (Å²) in [5.41, 5.74) is 0. The highest BCUT2D eigenvalue weighted by Crippen LogP contribution is 2.25. The molecule has 0 unspecified atom stereocenters. The van der Waals surface area contributed by atoms with Crippen LogP contribution in [0.1, 0.15) is 25.7 Å². The van der Waals surface area contributed by atoms with Crippen molar-refractivity contribution in [1.29, 1.82) is 0 Å². The third-order valence-electron chi connectivity index (χ3n) is 1.40. The first-order valence-corrected chi connectivity index (χ1v) is 5.51. The van der Waals surface area contributed by atoms with Crippen molar-refractivity contribution in [3.05, 3.63) is 0 Å². The maximum absolute atomic E-state index is 10.6. The Kier molecular flexibility index (Phi) is 5.90. The van der Waals surface area contributed by atoms with Gasteiger partial charge >= 0.3 is 7.82 Å². The molecule has 4 N–H and O–H groups in total. The van der Waals surface area contributed by atoms with Gasteiger partial charge in [-0.1, -0.05) is 6.42 Å². The van der Waals surface area contributed by atoms with Crippen LogP contribution in [-0.4, -0.2) is 27.1 Å². The van der Waals surface area contributed by atoms with Gasteiger partial charge in [0.2, 0.25) is 5.91 Å². The van der Waals surface area contributed by atoms with Crippen LogP contribution in [0.4, 0.5) is 0 Å². The molecule has 78 valence electrons. The first-order valence-electron chi connectivity index (χ1n) is 3.94. The standard InChI is InChI=1S/C6H11NO.H3O4P/c8-6-4-2-1-3-5-7-6;1-5(2,3)4/h1-5H2,(H,7,8);(H3,1,2,3,4). The van der Waals surface area contributed by atoms with Gasteiger partial charge in [0.05, 0.1) is 0 Å². The lowest BCUT2D eigenvalue weighted by molar-refractivity contribution is -0.120. The zero-order valence-electron chi connectivity index (χ0n) is 7.14. The number of amides is 1. The summed E-state index contributed by atoms with van der Waals surface area (Å²) in [6.45, 7) is 0.888. The fraction of sp³-hybridized carbons (Fsp3) is 0.833. The number of carbonyl (C=O) groups excluding carboxylic acids is 1. The van der Waals surface area contributed by atoms with E-state index >= 15 is 0 Å². The minimum absolute atomic E-state index is 0.225. The smallest absolute Gasteiger partial charge is 0.356 e. The Balaban J connectivity index is 0.000000252. The number of hydrogen-bond acceptors (Lipinski definition) is 2. The van der Waals surface area contributed by atoms with Crippen LogP contribution in [0, 0.1) is 0 Å². The second-order valence-corrected chi connectivity index (χ2v) is 3.70. The van der Waals surface area contributed by atoms with Crippen molar-refractivity contribution in [2.75, 3.05) is 6.54 Å². The minimum atomic E-state index is -4.64. The van der Waals surface area contributed by atoms with Crippen molar-refractivity contribution >= 4 is 13.7 Å². The molecule has 0 aromatic heterocycles. The lowest BCUT2D eigenvalue weighted by atomic mass is 10.2. The maximum Gasteiger partial charge on any atom is 0.466 e. The molecule has 1 aliphatic heterocycles. The van der Waals surface area contributed by atoms with Gasteiger partial charge in [-0.25, -0.2) is 4.57 Å². The summed E-state index contributed by atoms with van der Waals surface area (Å²) in [7, 11) is -4.64. The Bertz CT molecular complexity index is 183. The molecule has 0 spiro atoms. The predicted octanol–water partition coefficient (Wildman–Crippen LogP) is -0.252. The Morgan fingerprint density at radius 3 is 2.23 bits per heavy atom. The van der Waals surface area contributed by atoms with Crippen LogP contribution in [0.3, 0.4) is 0 Å². The largest absolute Gasteiger partial charge is 0.466 e. The molecule has 0 aromatic rings. The summed E-state index contributed by atoms with van der Waals surface area (Å²) >= 11 is 0. The van der Waals surface area contributed by atoms with Gasteiger partial charge < -0.3 is 20.0 Å². The molecule has 0 bridgehead atoms. The van der Waals surface area contributed by atoms with Crippen LogP contribution in [-0.2, 0) is 9.36 Å². The molecule has 6 nitrogen and oxygen atoms in total. The Labute approximate surface area is 76.2 Å². The first kappa shape index (κ1) is 12.6. The molecule has 7 heteroatoms. The highest BCUT2D eigenvalue weighted by atomic mass is 31.2. The lowest BCUT2D eigenvalue weighted by Gasteiger charge is -1.93. The number of hydrogen-bond donors (Lipinski definition) is 4. The molecular formula is C6H14NO5P. The Morgan fingerprint density at radius 2 is 1.69 bits per heavy atom. The van der Waals surface area contributed by atoms with Crippen LogP contribution in [0.5, 0.6) is 0 Å². The van der Waals surface area contributed by atoms with Gasteiger partial charge in [-0.15, -0.1) is 0 Å². The molecule has 1 rings (SSSR count). The average molecular weight is 211 g/mol. The zero-order valence-corrected chi connectivity index (χ0v) is 8.04. The van der Waals surface area contributed by atoms with Crippen molar-refractivity contribution in [3.63, 3.8) is 0 Å². The van der Waals surface area contributed by atoms with Crippen LogP contribution >= 0.6 is 7.82 Å². The molecule has 1 aliphatic rings. The van der Waals surface area contributed by atoms with Crippen molar-refractivity contribution in [1.82, 2.24) is 5.32 Å². The van der Waals surface area contributed by atoms with E-state index in [0.717, 1.165) is 25.8 Å². The number of nitrogens with one attached hydrogen (secondary N) is 1. The van der Waals surface area contributed by atoms with E-state index in [1.54, 1.807) is 0 Å². The van der Waals surface area contributed by atoms with Gasteiger partial charge in [-0.2, -0.15) is 0 Å². The molecule has 0 aliphatic carbocycles. The van der Waals surface area contributed by atoms with E-state index in [-0.39, 0.29) is 5.91 Å². The van der Waals surface area contributed by atoms with E-state index in [1.807, 2.05) is 0 Å². The topological polar surface area (TPSA) is 107 Å². The molecule has 1 fully saturated rings. The molecule has 0 aromatic carbocycles. The minimum Gasteiger partial charge on any atom is -0.356 e. The normalized spacial score (nSPS) is 17.9. The summed E-state index contributed by atoms with van der Waals surface area (Å²) in [6.07, 6.45) is 4.18. The van der Waals surface area contributed by atoms with Gasteiger partial charge in [0.25, 0.3) is 0 Å². The quantitative estimate of drug-likeness (QED) is 0.413. The zero-order chi connectivity index (χ0) is 10.3. The van der Waals surface area contributed by atoms with E-state index in [2.05, 4.69) is 5.32 Å². The van der Waals surface area contributed by atoms with Gasteiger partial charge in [-0.3, -0.25) is 4.79 Å².